The lowest BCUT2D eigenvalue weighted by Gasteiger charge is -2.14. The zero-order valence-corrected chi connectivity index (χ0v) is 18.0. The molecule has 0 aliphatic heterocycles. The van der Waals surface area contributed by atoms with Gasteiger partial charge in [-0.15, -0.1) is 0 Å². The molecule has 2 aromatic carbocycles. The van der Waals surface area contributed by atoms with Crippen molar-refractivity contribution < 1.29 is 4.79 Å². The lowest BCUT2D eigenvalue weighted by molar-refractivity contribution is 0.1000. The molecule has 3 nitrogen and oxygen atoms in total. The maximum atomic E-state index is 12.4. The number of nitrogens with two attached hydrogens (primary N) is 1. The second kappa shape index (κ2) is 9.13. The van der Waals surface area contributed by atoms with Crippen molar-refractivity contribution in [3.63, 3.8) is 0 Å². The van der Waals surface area contributed by atoms with Crippen molar-refractivity contribution in [2.24, 2.45) is 11.7 Å². The van der Waals surface area contributed by atoms with Crippen LogP contribution in [-0.4, -0.2) is 10.5 Å². The predicted octanol–water partition coefficient (Wildman–Crippen LogP) is 6.23. The molecule has 0 fully saturated rings. The molecule has 1 heterocycles. The first kappa shape index (κ1) is 20.9. The van der Waals surface area contributed by atoms with Crippen LogP contribution in [0.4, 0.5) is 0 Å². The molecule has 0 aliphatic carbocycles. The molecule has 152 valence electrons. The van der Waals surface area contributed by atoms with Crippen LogP contribution in [0.2, 0.25) is 0 Å². The number of amides is 1. The zero-order chi connectivity index (χ0) is 21.0. The van der Waals surface area contributed by atoms with Crippen LogP contribution in [0.1, 0.15) is 55.4 Å². The van der Waals surface area contributed by atoms with E-state index in [-0.39, 0.29) is 5.91 Å². The number of carbonyl (C=O) groups is 1. The van der Waals surface area contributed by atoms with Gasteiger partial charge in [0.05, 0.1) is 5.56 Å². The topological polar surface area (TPSA) is 48.0 Å². The van der Waals surface area contributed by atoms with E-state index in [1.54, 1.807) is 0 Å². The van der Waals surface area contributed by atoms with Gasteiger partial charge in [0.25, 0.3) is 5.91 Å². The van der Waals surface area contributed by atoms with E-state index in [4.69, 9.17) is 5.73 Å². The highest BCUT2D eigenvalue weighted by atomic mass is 16.1. The zero-order valence-electron chi connectivity index (χ0n) is 18.0. The molecule has 0 radical (unpaired) electrons. The predicted molar refractivity (Wildman–Crippen MR) is 122 cm³/mol. The molecular formula is C26H32N2O. The summed E-state index contributed by atoms with van der Waals surface area (Å²) in [7, 11) is 0. The summed E-state index contributed by atoms with van der Waals surface area (Å²) in [6.45, 7) is 9.59. The van der Waals surface area contributed by atoms with Crippen molar-refractivity contribution in [1.29, 1.82) is 0 Å². The van der Waals surface area contributed by atoms with Crippen molar-refractivity contribution in [3.05, 3.63) is 71.5 Å². The van der Waals surface area contributed by atoms with Gasteiger partial charge < -0.3 is 10.3 Å². The van der Waals surface area contributed by atoms with Crippen molar-refractivity contribution in [1.82, 2.24) is 4.57 Å². The molecule has 3 rings (SSSR count). The summed E-state index contributed by atoms with van der Waals surface area (Å²) in [5, 5.41) is 0. The van der Waals surface area contributed by atoms with Crippen LogP contribution in [0.25, 0.3) is 22.3 Å². The molecule has 1 aromatic heterocycles. The summed E-state index contributed by atoms with van der Waals surface area (Å²) in [4.78, 5) is 12.4. The van der Waals surface area contributed by atoms with E-state index in [2.05, 4.69) is 61.7 Å². The van der Waals surface area contributed by atoms with Gasteiger partial charge in [0.1, 0.15) is 0 Å². The van der Waals surface area contributed by atoms with Gasteiger partial charge in [-0.05, 0) is 42.4 Å². The Balaban J connectivity index is 2.11. The van der Waals surface area contributed by atoms with E-state index in [9.17, 15) is 4.79 Å². The fourth-order valence-corrected chi connectivity index (χ4v) is 4.06. The minimum atomic E-state index is -0.342. The molecule has 29 heavy (non-hydrogen) atoms. The van der Waals surface area contributed by atoms with Crippen molar-refractivity contribution in [2.45, 2.75) is 53.5 Å². The van der Waals surface area contributed by atoms with Gasteiger partial charge in [0.2, 0.25) is 0 Å². The Hall–Kier alpha value is -2.81. The van der Waals surface area contributed by atoms with Gasteiger partial charge in [0.15, 0.2) is 0 Å². The monoisotopic (exact) mass is 388 g/mol. The Bertz CT molecular complexity index is 966. The van der Waals surface area contributed by atoms with Crippen LogP contribution in [0, 0.1) is 12.8 Å². The molecule has 0 unspecified atom stereocenters. The fourth-order valence-electron chi connectivity index (χ4n) is 4.06. The van der Waals surface area contributed by atoms with E-state index >= 15 is 0 Å². The first-order valence-corrected chi connectivity index (χ1v) is 10.6. The summed E-state index contributed by atoms with van der Waals surface area (Å²) >= 11 is 0. The number of nitrogens with zero attached hydrogens (tertiary/aromatic N) is 1. The average molecular weight is 389 g/mol. The number of benzene rings is 2. The summed E-state index contributed by atoms with van der Waals surface area (Å²) in [5.41, 5.74) is 13.2. The van der Waals surface area contributed by atoms with Gasteiger partial charge in [-0.3, -0.25) is 4.79 Å². The van der Waals surface area contributed by atoms with Crippen LogP contribution < -0.4 is 5.73 Å². The quantitative estimate of drug-likeness (QED) is 0.489. The highest BCUT2D eigenvalue weighted by Gasteiger charge is 2.24. The third-order valence-corrected chi connectivity index (χ3v) is 5.58. The van der Waals surface area contributed by atoms with Crippen LogP contribution in [-0.2, 0) is 13.0 Å². The van der Waals surface area contributed by atoms with Crippen molar-refractivity contribution >= 4 is 5.91 Å². The molecule has 0 aliphatic rings. The summed E-state index contributed by atoms with van der Waals surface area (Å²) < 4.78 is 2.32. The van der Waals surface area contributed by atoms with E-state index in [1.807, 2.05) is 25.1 Å². The molecule has 3 heteroatoms. The number of aromatic nitrogens is 1. The molecule has 1 amide bonds. The lowest BCUT2D eigenvalue weighted by atomic mass is 9.96. The number of hydrogen-bond donors (Lipinski definition) is 1. The van der Waals surface area contributed by atoms with E-state index in [0.717, 1.165) is 42.6 Å². The third kappa shape index (κ3) is 4.45. The number of carbonyl (C=O) groups excluding carboxylic acids is 1. The van der Waals surface area contributed by atoms with Gasteiger partial charge >= 0.3 is 0 Å². The van der Waals surface area contributed by atoms with Gasteiger partial charge in [-0.25, -0.2) is 0 Å². The smallest absolute Gasteiger partial charge is 0.251 e. The Kier molecular flexibility index (Phi) is 6.58. The number of hydrogen-bond acceptors (Lipinski definition) is 1. The lowest BCUT2D eigenvalue weighted by Crippen LogP contribution is -2.13. The van der Waals surface area contributed by atoms with E-state index in [0.29, 0.717) is 11.5 Å². The van der Waals surface area contributed by atoms with E-state index in [1.165, 1.54) is 16.8 Å². The molecular weight excluding hydrogens is 356 g/mol. The molecule has 0 saturated carbocycles. The molecule has 0 bridgehead atoms. The van der Waals surface area contributed by atoms with Gasteiger partial charge in [-0.2, -0.15) is 0 Å². The highest BCUT2D eigenvalue weighted by Crippen LogP contribution is 2.35. The Morgan fingerprint density at radius 3 is 2.10 bits per heavy atom. The SMILES string of the molecule is CCCc1c(-c2ccc(-c3ccccc3)cc2)c(C(N)=O)c(C)n1CCC(C)C. The van der Waals surface area contributed by atoms with Gasteiger partial charge in [0, 0.05) is 23.5 Å². The van der Waals surface area contributed by atoms with Crippen LogP contribution in [0.5, 0.6) is 0 Å². The third-order valence-electron chi connectivity index (χ3n) is 5.58. The second-order valence-corrected chi connectivity index (χ2v) is 8.17. The Morgan fingerprint density at radius 1 is 0.966 bits per heavy atom. The summed E-state index contributed by atoms with van der Waals surface area (Å²) in [6, 6.07) is 18.8. The van der Waals surface area contributed by atoms with E-state index < -0.39 is 0 Å². The summed E-state index contributed by atoms with van der Waals surface area (Å²) in [6.07, 6.45) is 3.04. The van der Waals surface area contributed by atoms with Crippen molar-refractivity contribution in [2.75, 3.05) is 0 Å². The standard InChI is InChI=1S/C26H32N2O/c1-5-9-23-25(24(26(27)29)19(4)28(23)17-16-18(2)3)22-14-12-21(13-15-22)20-10-7-6-8-11-20/h6-8,10-15,18H,5,9,16-17H2,1-4H3,(H2,27,29). The minimum absolute atomic E-state index is 0.342. The molecule has 0 saturated heterocycles. The van der Waals surface area contributed by atoms with Crippen LogP contribution in [0.15, 0.2) is 54.6 Å². The van der Waals surface area contributed by atoms with Crippen molar-refractivity contribution in [3.8, 4) is 22.3 Å². The molecule has 2 N–H and O–H groups in total. The first-order valence-electron chi connectivity index (χ1n) is 10.6. The molecule has 0 atom stereocenters. The highest BCUT2D eigenvalue weighted by molar-refractivity contribution is 6.02. The fraction of sp³-hybridized carbons (Fsp3) is 0.346. The number of rotatable bonds is 8. The summed E-state index contributed by atoms with van der Waals surface area (Å²) in [5.74, 6) is 0.266. The largest absolute Gasteiger partial charge is 0.366 e. The maximum absolute atomic E-state index is 12.4. The number of primary amides is 1. The minimum Gasteiger partial charge on any atom is -0.366 e. The Morgan fingerprint density at radius 2 is 1.55 bits per heavy atom. The average Bonchev–Trinajstić information content (AvgIpc) is 2.99. The second-order valence-electron chi connectivity index (χ2n) is 8.17. The van der Waals surface area contributed by atoms with Crippen LogP contribution in [0.3, 0.4) is 0 Å². The van der Waals surface area contributed by atoms with Gasteiger partial charge in [-0.1, -0.05) is 81.8 Å². The maximum Gasteiger partial charge on any atom is 0.251 e. The molecule has 0 spiro atoms. The Labute approximate surface area is 174 Å². The first-order chi connectivity index (χ1) is 13.9. The van der Waals surface area contributed by atoms with Crippen LogP contribution >= 0.6 is 0 Å². The normalized spacial score (nSPS) is 11.2. The molecule has 3 aromatic rings.